The number of pyridine rings is 1. The molecule has 1 N–H and O–H groups in total. The van der Waals surface area contributed by atoms with Crippen molar-refractivity contribution in [3.8, 4) is 11.1 Å². The van der Waals surface area contributed by atoms with Gasteiger partial charge in [0.2, 0.25) is 5.95 Å². The summed E-state index contributed by atoms with van der Waals surface area (Å²) in [6.45, 7) is 9.32. The van der Waals surface area contributed by atoms with Gasteiger partial charge >= 0.3 is 18.3 Å². The van der Waals surface area contributed by atoms with Crippen LogP contribution in [0.3, 0.4) is 0 Å². The Morgan fingerprint density at radius 2 is 1.45 bits per heavy atom. The fourth-order valence-electron chi connectivity index (χ4n) is 10.9. The number of nitrogens with zero attached hydrogens (tertiary/aromatic N) is 9. The summed E-state index contributed by atoms with van der Waals surface area (Å²) < 4.78 is 50.0. The molecule has 3 amide bonds. The van der Waals surface area contributed by atoms with Crippen molar-refractivity contribution in [2.45, 2.75) is 81.7 Å². The third-order valence-corrected chi connectivity index (χ3v) is 17.5. The fourth-order valence-corrected chi connectivity index (χ4v) is 12.2. The summed E-state index contributed by atoms with van der Waals surface area (Å²) in [5.74, 6) is 0.835. The smallest absolute Gasteiger partial charge is 0.409 e. The Hall–Kier alpha value is -7.81. The lowest BCUT2D eigenvalue weighted by Gasteiger charge is -2.45. The van der Waals surface area contributed by atoms with E-state index < -0.39 is 39.5 Å². The van der Waals surface area contributed by atoms with Crippen LogP contribution < -0.4 is 10.5 Å². The third kappa shape index (κ3) is 11.6. The Bertz CT molecular complexity index is 3570. The zero-order chi connectivity index (χ0) is 56.5. The van der Waals surface area contributed by atoms with E-state index in [1.54, 1.807) is 45.5 Å². The predicted octanol–water partition coefficient (Wildman–Crippen LogP) is 8.54. The van der Waals surface area contributed by atoms with Crippen molar-refractivity contribution in [1.82, 2.24) is 38.1 Å². The zero-order valence-electron chi connectivity index (χ0n) is 46.1. The number of piperidine rings is 1. The predicted molar refractivity (Wildman–Crippen MR) is 304 cm³/mol. The SMILES string of the molecule is Cc1ccc(S(=O)(=O)n2ccc3c(-c4ccc5nc(N6CCC(CN7C[C@@H](C)N(C(=O)O)C[C@@H]7C)CC6)nc(C(COC(=O)N(C)CCN(C)C(=O)OCc6ccccc6)(OC6CC6)c6ccccc6)c5c4)cn(C)c(=O)c32)cc1. The highest BCUT2D eigenvalue weighted by atomic mass is 32.2. The van der Waals surface area contributed by atoms with Crippen LogP contribution in [0.25, 0.3) is 32.9 Å². The van der Waals surface area contributed by atoms with Crippen LogP contribution in [0.2, 0.25) is 0 Å². The van der Waals surface area contributed by atoms with Crippen molar-refractivity contribution >= 4 is 56.1 Å². The molecule has 3 fully saturated rings. The summed E-state index contributed by atoms with van der Waals surface area (Å²) in [6, 6.07) is 32.8. The average molecular weight is 1110 g/mol. The number of piperazine rings is 1. The van der Waals surface area contributed by atoms with Gasteiger partial charge in [0.1, 0.15) is 18.7 Å². The van der Waals surface area contributed by atoms with Crippen molar-refractivity contribution in [2.75, 3.05) is 71.4 Å². The minimum absolute atomic E-state index is 0.00520. The highest BCUT2D eigenvalue weighted by Gasteiger charge is 2.46. The van der Waals surface area contributed by atoms with E-state index in [1.807, 2.05) is 92.7 Å². The Morgan fingerprint density at radius 3 is 2.11 bits per heavy atom. The summed E-state index contributed by atoms with van der Waals surface area (Å²) in [5.41, 5.74) is 2.71. The lowest BCUT2D eigenvalue weighted by molar-refractivity contribution is -0.0735. The molecule has 10 rings (SSSR count). The number of carbonyl (C=O) groups excluding carboxylic acids is 2. The van der Waals surface area contributed by atoms with Gasteiger partial charge in [0.25, 0.3) is 15.6 Å². The molecule has 3 aromatic heterocycles. The average Bonchev–Trinajstić information content (AvgIpc) is 4.18. The maximum absolute atomic E-state index is 14.3. The van der Waals surface area contributed by atoms with Gasteiger partial charge in [-0.25, -0.2) is 36.7 Å². The first-order chi connectivity index (χ1) is 38.4. The molecule has 1 saturated carbocycles. The van der Waals surface area contributed by atoms with Crippen LogP contribution >= 0.6 is 0 Å². The standard InChI is InChI=1S/C60H69N9O10S/c1-40-17-22-48(23-18-40)80(75,76)69-30-27-49-51(37-65(6)55(70)53(49)69)45-19-24-52-50(33-45)54(62-56(61-52)66-28-25-43(26-29-66)36-67-34-42(3)68(57(71)72)35-41(67)2)60(79-47-20-21-47,46-15-11-8-12-16-46)39-78-59(74)64(5)32-31-63(4)58(73)77-38-44-13-9-7-10-14-44/h7-19,22-24,27,30,33,37,41-43,47H,20-21,25-26,28-29,31-32,34-36,38-39H2,1-6H3,(H,71,72)/t41-,42+,60?/m0/s1. The first-order valence-electron chi connectivity index (χ1n) is 27.3. The number of likely N-dealkylation sites (N-methyl/N-ethyl adjacent to an activating group) is 2. The lowest BCUT2D eigenvalue weighted by atomic mass is 9.87. The molecule has 0 bridgehead atoms. The topological polar surface area (TPSA) is 202 Å². The molecule has 1 aliphatic carbocycles. The number of anilines is 1. The normalized spacial score (nSPS) is 18.0. The highest BCUT2D eigenvalue weighted by molar-refractivity contribution is 7.90. The van der Waals surface area contributed by atoms with Crippen molar-refractivity contribution in [1.29, 1.82) is 0 Å². The number of carbonyl (C=O) groups is 3. The second-order valence-corrected chi connectivity index (χ2v) is 23.5. The van der Waals surface area contributed by atoms with Crippen LogP contribution in [0.5, 0.6) is 0 Å². The molecular weight excluding hydrogens is 1040 g/mol. The number of fused-ring (bicyclic) bond motifs is 2. The van der Waals surface area contributed by atoms with Crippen LogP contribution in [0.15, 0.2) is 131 Å². The summed E-state index contributed by atoms with van der Waals surface area (Å²) in [7, 11) is 0.629. The van der Waals surface area contributed by atoms with Gasteiger partial charge in [-0.3, -0.25) is 9.69 Å². The van der Waals surface area contributed by atoms with E-state index in [2.05, 4.69) is 16.7 Å². The van der Waals surface area contributed by atoms with Crippen LogP contribution in [-0.4, -0.2) is 155 Å². The first kappa shape index (κ1) is 55.5. The van der Waals surface area contributed by atoms with Gasteiger partial charge < -0.3 is 43.5 Å². The molecule has 3 atom stereocenters. The molecule has 19 nitrogen and oxygen atoms in total. The zero-order valence-corrected chi connectivity index (χ0v) is 46.9. The highest BCUT2D eigenvalue weighted by Crippen LogP contribution is 2.44. The van der Waals surface area contributed by atoms with Crippen LogP contribution in [0, 0.1) is 12.8 Å². The van der Waals surface area contributed by atoms with Gasteiger partial charge in [0.15, 0.2) is 5.60 Å². The van der Waals surface area contributed by atoms with E-state index >= 15 is 0 Å². The third-order valence-electron chi connectivity index (χ3n) is 15.8. The van der Waals surface area contributed by atoms with E-state index in [1.165, 1.54) is 37.6 Å². The van der Waals surface area contributed by atoms with Gasteiger partial charge in [-0.1, -0.05) is 84.4 Å². The minimum atomic E-state index is -4.18. The number of benzene rings is 4. The molecule has 20 heteroatoms. The Balaban J connectivity index is 1.02. The van der Waals surface area contributed by atoms with Gasteiger partial charge in [0.05, 0.1) is 22.2 Å². The van der Waals surface area contributed by atoms with E-state index in [4.69, 9.17) is 24.2 Å². The molecule has 0 radical (unpaired) electrons. The van der Waals surface area contributed by atoms with Gasteiger partial charge in [-0.2, -0.15) is 0 Å². The van der Waals surface area contributed by atoms with Gasteiger partial charge in [-0.05, 0) is 99.4 Å². The summed E-state index contributed by atoms with van der Waals surface area (Å²) in [4.78, 5) is 72.9. The van der Waals surface area contributed by atoms with Crippen molar-refractivity contribution in [2.24, 2.45) is 13.0 Å². The molecular formula is C60H69N9O10S. The second kappa shape index (κ2) is 23.1. The molecule has 80 heavy (non-hydrogen) atoms. The van der Waals surface area contributed by atoms with Crippen LogP contribution in [0.4, 0.5) is 20.3 Å². The minimum Gasteiger partial charge on any atom is -0.465 e. The Morgan fingerprint density at radius 1 is 0.787 bits per heavy atom. The van der Waals surface area contributed by atoms with Gasteiger partial charge in [-0.15, -0.1) is 0 Å². The van der Waals surface area contributed by atoms with E-state index in [-0.39, 0.29) is 54.9 Å². The van der Waals surface area contributed by atoms with E-state index in [0.29, 0.717) is 76.7 Å². The maximum atomic E-state index is 14.3. The quantitative estimate of drug-likeness (QED) is 0.0909. The molecule has 5 heterocycles. The molecule has 3 aliphatic rings. The number of rotatable bonds is 17. The maximum Gasteiger partial charge on any atom is 0.409 e. The molecule has 0 spiro atoms. The molecule has 7 aromatic rings. The second-order valence-electron chi connectivity index (χ2n) is 21.7. The van der Waals surface area contributed by atoms with Gasteiger partial charge in [0, 0.05) is 108 Å². The molecule has 420 valence electrons. The van der Waals surface area contributed by atoms with Crippen molar-refractivity contribution < 1.29 is 42.1 Å². The first-order valence-corrected chi connectivity index (χ1v) is 28.7. The largest absolute Gasteiger partial charge is 0.465 e. The number of aromatic nitrogens is 4. The number of amides is 3. The van der Waals surface area contributed by atoms with Crippen LogP contribution in [0.1, 0.15) is 61.9 Å². The molecule has 2 aliphatic heterocycles. The number of hydrogen-bond acceptors (Lipinski definition) is 13. The molecule has 4 aromatic carbocycles. The summed E-state index contributed by atoms with van der Waals surface area (Å²) in [6.07, 6.45) is 4.09. The van der Waals surface area contributed by atoms with Crippen molar-refractivity contribution in [3.05, 3.63) is 154 Å². The van der Waals surface area contributed by atoms with Crippen molar-refractivity contribution in [3.63, 3.8) is 0 Å². The van der Waals surface area contributed by atoms with E-state index in [0.717, 1.165) is 47.3 Å². The molecule has 1 unspecified atom stereocenters. The molecule has 2 saturated heterocycles. The summed E-state index contributed by atoms with van der Waals surface area (Å²) in [5, 5.41) is 10.8. The number of aryl methyl sites for hydroxylation is 2. The lowest BCUT2D eigenvalue weighted by Crippen LogP contribution is -2.58. The summed E-state index contributed by atoms with van der Waals surface area (Å²) >= 11 is 0. The van der Waals surface area contributed by atoms with E-state index in [9.17, 15) is 32.7 Å². The number of ether oxygens (including phenoxy) is 3. The Labute approximate surface area is 465 Å². The monoisotopic (exact) mass is 1110 g/mol. The number of hydrogen-bond donors (Lipinski definition) is 1. The Kier molecular flexibility index (Phi) is 16.0. The fraction of sp³-hybridized carbons (Fsp3) is 0.400. The number of carboxylic acid groups (broad SMARTS) is 1. The van der Waals surface area contributed by atoms with Crippen LogP contribution in [-0.2, 0) is 43.5 Å².